The second-order valence-electron chi connectivity index (χ2n) is 11.6. The minimum absolute atomic E-state index is 0.180. The van der Waals surface area contributed by atoms with Gasteiger partial charge >= 0.3 is 18.4 Å². The molecule has 0 saturated heterocycles. The molecule has 0 radical (unpaired) electrons. The Balaban J connectivity index is 1.68. The number of unbranched alkanes of at least 4 members (excludes halogenated alkanes) is 1. The normalized spacial score (nSPS) is 14.4. The number of carbonyl (C=O) groups is 2. The van der Waals surface area contributed by atoms with Crippen molar-refractivity contribution >= 4 is 30.9 Å². The third kappa shape index (κ3) is 10.3. The van der Waals surface area contributed by atoms with Crippen LogP contribution in [0.3, 0.4) is 0 Å². The molecule has 17 heteroatoms. The van der Waals surface area contributed by atoms with Crippen molar-refractivity contribution in [2.45, 2.75) is 63.5 Å². The Morgan fingerprint density at radius 1 is 1.16 bits per heavy atom. The van der Waals surface area contributed by atoms with E-state index in [1.807, 2.05) is 0 Å². The summed E-state index contributed by atoms with van der Waals surface area (Å²) in [4.78, 5) is 38.3. The molecule has 0 saturated carbocycles. The topological polar surface area (TPSA) is 185 Å². The fourth-order valence-corrected chi connectivity index (χ4v) is 4.91. The molecule has 3 rings (SSSR count). The molecule has 3 aromatic rings. The highest BCUT2D eigenvalue weighted by molar-refractivity contribution is 5.86. The summed E-state index contributed by atoms with van der Waals surface area (Å²) in [5.74, 6) is -4.30. The number of benzene rings is 1. The van der Waals surface area contributed by atoms with Crippen LogP contribution in [0.15, 0.2) is 54.2 Å². The standard InChI is InChI=1S/C33H43F3N9O5/c1-21(29-27(36)16-39-19-41-29)33(48,25-12-11-24(34)15-26(25)35)18-44(4)42-20-43(3)22(2)50-32(47)45(5)30-23(9-8-14-40-30)17-49-31(46)28(38)10-6-7-13-37/h8-9,11-12,14-16,19-22,28,48H,3,6-7,10,13,17-18,37-38H2,1-2,4-5H3/q+1/b42-20-/t21-,22?,28-,33+/m0/s1. The smallest absolute Gasteiger partial charge is 0.418 e. The number of likely N-dealkylation sites (N-methyl/N-ethyl adjacent to an activating group) is 1. The van der Waals surface area contributed by atoms with E-state index in [1.165, 1.54) is 50.1 Å². The summed E-state index contributed by atoms with van der Waals surface area (Å²) in [6, 6.07) is 5.10. The summed E-state index contributed by atoms with van der Waals surface area (Å²) in [5, 5.41) is 17.3. The fourth-order valence-electron chi connectivity index (χ4n) is 4.91. The summed E-state index contributed by atoms with van der Waals surface area (Å²) >= 11 is 0. The number of hydrogen-bond donors (Lipinski definition) is 3. The lowest BCUT2D eigenvalue weighted by Gasteiger charge is -2.35. The molecule has 0 aliphatic carbocycles. The maximum atomic E-state index is 15.0. The Hall–Kier alpha value is -5.00. The van der Waals surface area contributed by atoms with Crippen LogP contribution in [0, 0.1) is 17.5 Å². The predicted octanol–water partition coefficient (Wildman–Crippen LogP) is 2.99. The molecule has 0 aliphatic rings. The zero-order chi connectivity index (χ0) is 37.0. The maximum absolute atomic E-state index is 15.0. The maximum Gasteiger partial charge on any atom is 0.418 e. The molecule has 0 bridgehead atoms. The molecule has 4 atom stereocenters. The number of rotatable bonds is 17. The molecule has 0 aliphatic heterocycles. The van der Waals surface area contributed by atoms with Crippen molar-refractivity contribution < 1.29 is 41.9 Å². The van der Waals surface area contributed by atoms with Crippen molar-refractivity contribution in [3.8, 4) is 0 Å². The van der Waals surface area contributed by atoms with Crippen LogP contribution in [0.4, 0.5) is 23.8 Å². The number of aliphatic hydroxyl groups is 1. The first-order chi connectivity index (χ1) is 23.7. The number of hydrogen-bond acceptors (Lipinski definition) is 12. The van der Waals surface area contributed by atoms with Crippen molar-refractivity contribution in [2.24, 2.45) is 16.6 Å². The fraction of sp³-hybridized carbons (Fsp3) is 0.424. The lowest BCUT2D eigenvalue weighted by molar-refractivity contribution is -0.486. The SMILES string of the molecule is C=[N+](/C=N\N(C)C[C@](O)(c1ccc(F)cc1F)[C@@H](C)c1ncncc1F)C(C)OC(=O)N(C)c1ncccc1COC(=O)[C@@H](N)CCCCN. The van der Waals surface area contributed by atoms with E-state index in [-0.39, 0.29) is 23.7 Å². The zero-order valence-corrected chi connectivity index (χ0v) is 28.4. The Bertz CT molecular complexity index is 1670. The van der Waals surface area contributed by atoms with Gasteiger partial charge in [0.15, 0.2) is 5.82 Å². The van der Waals surface area contributed by atoms with Crippen molar-refractivity contribution in [1.82, 2.24) is 20.0 Å². The van der Waals surface area contributed by atoms with Crippen LogP contribution in [0.25, 0.3) is 0 Å². The molecule has 0 fully saturated rings. The molecular formula is C33H43F3N9O5+. The van der Waals surface area contributed by atoms with Crippen LogP contribution in [0.2, 0.25) is 0 Å². The average molecular weight is 703 g/mol. The lowest BCUT2D eigenvalue weighted by Crippen LogP contribution is -2.43. The molecule has 270 valence electrons. The first-order valence-electron chi connectivity index (χ1n) is 15.7. The van der Waals surface area contributed by atoms with Gasteiger partial charge in [-0.25, -0.2) is 42.5 Å². The highest BCUT2D eigenvalue weighted by Crippen LogP contribution is 2.39. The minimum atomic E-state index is -2.16. The molecule has 2 aromatic heterocycles. The third-order valence-electron chi connectivity index (χ3n) is 7.93. The van der Waals surface area contributed by atoms with Gasteiger partial charge < -0.3 is 26.0 Å². The highest BCUT2D eigenvalue weighted by atomic mass is 19.1. The summed E-state index contributed by atoms with van der Waals surface area (Å²) < 4.78 is 55.4. The van der Waals surface area contributed by atoms with Crippen LogP contribution < -0.4 is 16.4 Å². The van der Waals surface area contributed by atoms with Gasteiger partial charge in [0.05, 0.1) is 25.2 Å². The first kappa shape index (κ1) is 39.4. The van der Waals surface area contributed by atoms with E-state index in [0.29, 0.717) is 31.0 Å². The number of amides is 1. The Labute approximate surface area is 288 Å². The molecule has 1 unspecified atom stereocenters. The van der Waals surface area contributed by atoms with Gasteiger partial charge in [-0.1, -0.05) is 25.5 Å². The highest BCUT2D eigenvalue weighted by Gasteiger charge is 2.43. The van der Waals surface area contributed by atoms with E-state index < -0.39 is 59.8 Å². The lowest BCUT2D eigenvalue weighted by atomic mass is 9.79. The molecular weight excluding hydrogens is 659 g/mol. The Morgan fingerprint density at radius 2 is 1.90 bits per heavy atom. The first-order valence-corrected chi connectivity index (χ1v) is 15.7. The largest absolute Gasteiger partial charge is 0.460 e. The monoisotopic (exact) mass is 702 g/mol. The minimum Gasteiger partial charge on any atom is -0.460 e. The van der Waals surface area contributed by atoms with E-state index in [4.69, 9.17) is 20.9 Å². The number of anilines is 1. The number of nitrogens with zero attached hydrogens (tertiary/aromatic N) is 7. The van der Waals surface area contributed by atoms with Crippen molar-refractivity contribution in [3.05, 3.63) is 83.3 Å². The molecule has 14 nitrogen and oxygen atoms in total. The number of halogens is 3. The van der Waals surface area contributed by atoms with Crippen LogP contribution in [0.5, 0.6) is 0 Å². The molecule has 2 heterocycles. The van der Waals surface area contributed by atoms with E-state index >= 15 is 4.39 Å². The van der Waals surface area contributed by atoms with Gasteiger partial charge in [-0.3, -0.25) is 9.69 Å². The summed E-state index contributed by atoms with van der Waals surface area (Å²) in [6.07, 6.45) is 4.70. The van der Waals surface area contributed by atoms with Crippen molar-refractivity contribution in [3.63, 3.8) is 0 Å². The summed E-state index contributed by atoms with van der Waals surface area (Å²) in [6.45, 7) is 6.68. The predicted molar refractivity (Wildman–Crippen MR) is 178 cm³/mol. The van der Waals surface area contributed by atoms with Gasteiger partial charge in [0.1, 0.15) is 42.0 Å². The van der Waals surface area contributed by atoms with E-state index in [0.717, 1.165) is 36.0 Å². The van der Waals surface area contributed by atoms with Crippen LogP contribution in [0.1, 0.15) is 55.8 Å². The van der Waals surface area contributed by atoms with Gasteiger partial charge in [0.25, 0.3) is 0 Å². The zero-order valence-electron chi connectivity index (χ0n) is 28.4. The molecule has 5 N–H and O–H groups in total. The number of hydrazone groups is 1. The van der Waals surface area contributed by atoms with E-state index in [1.54, 1.807) is 12.1 Å². The number of pyridine rings is 1. The van der Waals surface area contributed by atoms with E-state index in [9.17, 15) is 23.5 Å². The van der Waals surface area contributed by atoms with Gasteiger partial charge in [-0.2, -0.15) is 0 Å². The quantitative estimate of drug-likeness (QED) is 0.0357. The second kappa shape index (κ2) is 18.1. The van der Waals surface area contributed by atoms with Gasteiger partial charge in [-0.05, 0) is 31.5 Å². The number of aromatic nitrogens is 3. The van der Waals surface area contributed by atoms with Crippen molar-refractivity contribution in [2.75, 3.05) is 32.1 Å². The third-order valence-corrected chi connectivity index (χ3v) is 7.93. The van der Waals surface area contributed by atoms with Gasteiger partial charge in [0.2, 0.25) is 6.23 Å². The van der Waals surface area contributed by atoms with Gasteiger partial charge in [0, 0.05) is 55.4 Å². The molecule has 1 amide bonds. The number of carbonyl (C=O) groups excluding carboxylic acids is 2. The molecule has 0 spiro atoms. The average Bonchev–Trinajstić information content (AvgIpc) is 3.09. The van der Waals surface area contributed by atoms with Crippen LogP contribution in [-0.2, 0) is 26.5 Å². The van der Waals surface area contributed by atoms with Gasteiger partial charge in [-0.15, -0.1) is 0 Å². The number of esters is 1. The number of nitrogens with two attached hydrogens (primary N) is 2. The van der Waals surface area contributed by atoms with Crippen LogP contribution >= 0.6 is 0 Å². The van der Waals surface area contributed by atoms with E-state index in [2.05, 4.69) is 26.8 Å². The Morgan fingerprint density at radius 3 is 2.58 bits per heavy atom. The Kier molecular flexibility index (Phi) is 14.3. The van der Waals surface area contributed by atoms with Crippen molar-refractivity contribution in [1.29, 1.82) is 0 Å². The number of ether oxygens (including phenoxy) is 2. The summed E-state index contributed by atoms with van der Waals surface area (Å²) in [5.41, 5.74) is 9.16. The molecule has 1 aromatic carbocycles. The summed E-state index contributed by atoms with van der Waals surface area (Å²) in [7, 11) is 2.88. The molecule has 50 heavy (non-hydrogen) atoms. The second-order valence-corrected chi connectivity index (χ2v) is 11.6. The van der Waals surface area contributed by atoms with Crippen LogP contribution in [-0.4, -0.2) is 94.2 Å².